The van der Waals surface area contributed by atoms with Gasteiger partial charge in [0.15, 0.2) is 0 Å². The zero-order valence-electron chi connectivity index (χ0n) is 9.64. The Morgan fingerprint density at radius 3 is 2.76 bits per heavy atom. The molecule has 2 N–H and O–H groups in total. The molecule has 17 heavy (non-hydrogen) atoms. The normalized spacial score (nSPS) is 10.5. The molecule has 0 atom stereocenters. The van der Waals surface area contributed by atoms with Crippen LogP contribution in [-0.4, -0.2) is 17.0 Å². The number of hydrogen-bond donors (Lipinski definition) is 1. The molecule has 0 spiro atoms. The van der Waals surface area contributed by atoms with E-state index in [4.69, 9.17) is 17.3 Å². The summed E-state index contributed by atoms with van der Waals surface area (Å²) in [6.07, 6.45) is 0. The van der Waals surface area contributed by atoms with Gasteiger partial charge in [0.25, 0.3) is 0 Å². The minimum absolute atomic E-state index is 0.302. The van der Waals surface area contributed by atoms with Crippen LogP contribution >= 0.6 is 22.9 Å². The molecule has 0 aromatic carbocycles. The molecule has 0 saturated heterocycles. The smallest absolute Gasteiger partial charge is 0.222 e. The Balaban J connectivity index is 2.16. The van der Waals surface area contributed by atoms with Gasteiger partial charge < -0.3 is 10.6 Å². The van der Waals surface area contributed by atoms with Crippen LogP contribution < -0.4 is 10.6 Å². The average molecular weight is 269 g/mol. The van der Waals surface area contributed by atoms with E-state index >= 15 is 0 Å². The molecule has 90 valence electrons. The van der Waals surface area contributed by atoms with Gasteiger partial charge in [0.2, 0.25) is 5.95 Å². The number of nitrogens with zero attached hydrogens (tertiary/aromatic N) is 3. The van der Waals surface area contributed by atoms with Crippen molar-refractivity contribution in [3.8, 4) is 0 Å². The maximum atomic E-state index is 5.89. The highest BCUT2D eigenvalue weighted by atomic mass is 35.5. The zero-order valence-corrected chi connectivity index (χ0v) is 11.2. The van der Waals surface area contributed by atoms with Crippen molar-refractivity contribution in [1.82, 2.24) is 9.97 Å². The Bertz CT molecular complexity index is 506. The summed E-state index contributed by atoms with van der Waals surface area (Å²) >= 11 is 7.46. The summed E-state index contributed by atoms with van der Waals surface area (Å²) in [5, 5.41) is 0. The number of nitrogen functional groups attached to an aromatic ring is 1. The third kappa shape index (κ3) is 3.08. The molecule has 0 aliphatic carbocycles. The highest BCUT2D eigenvalue weighted by molar-refractivity contribution is 7.16. The van der Waals surface area contributed by atoms with E-state index < -0.39 is 0 Å². The van der Waals surface area contributed by atoms with Gasteiger partial charge in [-0.2, -0.15) is 4.98 Å². The van der Waals surface area contributed by atoms with Crippen LogP contribution in [0.15, 0.2) is 18.2 Å². The van der Waals surface area contributed by atoms with Crippen LogP contribution in [0.25, 0.3) is 0 Å². The highest BCUT2D eigenvalue weighted by Crippen LogP contribution is 2.24. The number of halogens is 1. The lowest BCUT2D eigenvalue weighted by molar-refractivity contribution is 0.903. The molecule has 0 radical (unpaired) electrons. The third-order valence-electron chi connectivity index (χ3n) is 2.27. The number of anilines is 2. The summed E-state index contributed by atoms with van der Waals surface area (Å²) < 4.78 is 0.798. The summed E-state index contributed by atoms with van der Waals surface area (Å²) in [7, 11) is 1.97. The van der Waals surface area contributed by atoms with Crippen LogP contribution in [0.1, 0.15) is 10.6 Å². The second kappa shape index (κ2) is 4.89. The number of aryl methyl sites for hydroxylation is 1. The first-order chi connectivity index (χ1) is 8.04. The van der Waals surface area contributed by atoms with Crippen LogP contribution in [-0.2, 0) is 6.54 Å². The minimum atomic E-state index is 0.302. The van der Waals surface area contributed by atoms with E-state index in [1.165, 1.54) is 4.88 Å². The standard InChI is InChI=1S/C11H13ClN4S/c1-7-5-10(15-11(13)14-7)16(2)6-8-3-4-9(12)17-8/h3-5H,6H2,1-2H3,(H2,13,14,15). The van der Waals surface area contributed by atoms with E-state index in [2.05, 4.69) is 9.97 Å². The summed E-state index contributed by atoms with van der Waals surface area (Å²) in [5.74, 6) is 1.12. The number of aromatic nitrogens is 2. The van der Waals surface area contributed by atoms with E-state index in [1.54, 1.807) is 11.3 Å². The molecule has 0 unspecified atom stereocenters. The van der Waals surface area contributed by atoms with Crippen LogP contribution in [0.3, 0.4) is 0 Å². The van der Waals surface area contributed by atoms with Crippen molar-refractivity contribution in [3.63, 3.8) is 0 Å². The minimum Gasteiger partial charge on any atom is -0.368 e. The van der Waals surface area contributed by atoms with Crippen LogP contribution in [0, 0.1) is 6.92 Å². The van der Waals surface area contributed by atoms with Gasteiger partial charge in [-0.05, 0) is 19.1 Å². The van der Waals surface area contributed by atoms with Gasteiger partial charge in [0, 0.05) is 23.7 Å². The fourth-order valence-electron chi connectivity index (χ4n) is 1.52. The van der Waals surface area contributed by atoms with Crippen molar-refractivity contribution in [1.29, 1.82) is 0 Å². The Morgan fingerprint density at radius 1 is 1.41 bits per heavy atom. The molecule has 0 saturated carbocycles. The van der Waals surface area contributed by atoms with Crippen molar-refractivity contribution in [2.45, 2.75) is 13.5 Å². The van der Waals surface area contributed by atoms with Gasteiger partial charge in [0.1, 0.15) is 5.82 Å². The second-order valence-corrected chi connectivity index (χ2v) is 5.59. The Hall–Kier alpha value is -1.33. The monoisotopic (exact) mass is 268 g/mol. The molecule has 0 bridgehead atoms. The molecular formula is C11H13ClN4S. The lowest BCUT2D eigenvalue weighted by Gasteiger charge is -2.17. The fraction of sp³-hybridized carbons (Fsp3) is 0.273. The quantitative estimate of drug-likeness (QED) is 0.930. The lowest BCUT2D eigenvalue weighted by atomic mass is 10.4. The maximum absolute atomic E-state index is 5.89. The molecule has 2 heterocycles. The molecule has 2 aromatic rings. The SMILES string of the molecule is Cc1cc(N(C)Cc2ccc(Cl)s2)nc(N)n1. The zero-order chi connectivity index (χ0) is 12.4. The predicted octanol–water partition coefficient (Wildman–Crippen LogP) is 2.72. The maximum Gasteiger partial charge on any atom is 0.222 e. The van der Waals surface area contributed by atoms with E-state index in [9.17, 15) is 0 Å². The number of rotatable bonds is 3. The van der Waals surface area contributed by atoms with Gasteiger partial charge in [-0.3, -0.25) is 0 Å². The predicted molar refractivity (Wildman–Crippen MR) is 72.6 cm³/mol. The van der Waals surface area contributed by atoms with Gasteiger partial charge in [-0.25, -0.2) is 4.98 Å². The molecule has 0 amide bonds. The van der Waals surface area contributed by atoms with Crippen LogP contribution in [0.4, 0.5) is 11.8 Å². The van der Waals surface area contributed by atoms with Crippen molar-refractivity contribution in [2.75, 3.05) is 17.7 Å². The van der Waals surface area contributed by atoms with Crippen molar-refractivity contribution < 1.29 is 0 Å². The Labute approximate surface area is 109 Å². The van der Waals surface area contributed by atoms with E-state index in [0.29, 0.717) is 5.95 Å². The largest absolute Gasteiger partial charge is 0.368 e. The van der Waals surface area contributed by atoms with Gasteiger partial charge in [-0.15, -0.1) is 11.3 Å². The van der Waals surface area contributed by atoms with Crippen molar-refractivity contribution in [3.05, 3.63) is 33.1 Å². The number of nitrogens with two attached hydrogens (primary N) is 1. The van der Waals surface area contributed by atoms with Gasteiger partial charge in [0.05, 0.1) is 10.9 Å². The summed E-state index contributed by atoms with van der Waals surface area (Å²) in [6.45, 7) is 2.66. The first-order valence-electron chi connectivity index (χ1n) is 5.11. The summed E-state index contributed by atoms with van der Waals surface area (Å²) in [5.41, 5.74) is 6.49. The lowest BCUT2D eigenvalue weighted by Crippen LogP contribution is -2.18. The second-order valence-electron chi connectivity index (χ2n) is 3.79. The first-order valence-corrected chi connectivity index (χ1v) is 6.30. The Morgan fingerprint density at radius 2 is 2.18 bits per heavy atom. The van der Waals surface area contributed by atoms with Crippen molar-refractivity contribution in [2.24, 2.45) is 0 Å². The molecule has 6 heteroatoms. The van der Waals surface area contributed by atoms with Crippen molar-refractivity contribution >= 4 is 34.7 Å². The summed E-state index contributed by atoms with van der Waals surface area (Å²) in [4.78, 5) is 11.5. The van der Waals surface area contributed by atoms with E-state index in [0.717, 1.165) is 22.4 Å². The highest BCUT2D eigenvalue weighted by Gasteiger charge is 2.07. The average Bonchev–Trinajstić information content (AvgIpc) is 2.62. The first kappa shape index (κ1) is 12.1. The molecular weight excluding hydrogens is 256 g/mol. The van der Waals surface area contributed by atoms with Gasteiger partial charge >= 0.3 is 0 Å². The topological polar surface area (TPSA) is 55.0 Å². The van der Waals surface area contributed by atoms with E-state index in [-0.39, 0.29) is 0 Å². The third-order valence-corrected chi connectivity index (χ3v) is 3.49. The van der Waals surface area contributed by atoms with Gasteiger partial charge in [-0.1, -0.05) is 11.6 Å². The van der Waals surface area contributed by atoms with Crippen LogP contribution in [0.5, 0.6) is 0 Å². The summed E-state index contributed by atoms with van der Waals surface area (Å²) in [6, 6.07) is 5.82. The Kier molecular flexibility index (Phi) is 3.49. The number of hydrogen-bond acceptors (Lipinski definition) is 5. The molecule has 0 aliphatic rings. The molecule has 2 aromatic heterocycles. The van der Waals surface area contributed by atoms with E-state index in [1.807, 2.05) is 37.1 Å². The fourth-order valence-corrected chi connectivity index (χ4v) is 2.66. The molecule has 0 fully saturated rings. The molecule has 4 nitrogen and oxygen atoms in total. The molecule has 2 rings (SSSR count). The van der Waals surface area contributed by atoms with Crippen LogP contribution in [0.2, 0.25) is 4.34 Å². The number of thiophene rings is 1. The molecule has 0 aliphatic heterocycles.